The Morgan fingerprint density at radius 2 is 1.68 bits per heavy atom. The number of nitrogens with one attached hydrogen (secondary N) is 1. The van der Waals surface area contributed by atoms with Crippen molar-refractivity contribution in [1.29, 1.82) is 0 Å². The highest BCUT2D eigenvalue weighted by molar-refractivity contribution is 14.0. The Bertz CT molecular complexity index is 738. The Labute approximate surface area is 185 Å². The first-order valence-corrected chi connectivity index (χ1v) is 9.78. The van der Waals surface area contributed by atoms with Crippen molar-refractivity contribution in [2.24, 2.45) is 16.6 Å². The molecule has 152 valence electrons. The van der Waals surface area contributed by atoms with E-state index >= 15 is 0 Å². The molecule has 1 heterocycles. The molecule has 0 spiro atoms. The Hall–Kier alpha value is -1.80. The number of anilines is 2. The van der Waals surface area contributed by atoms with Crippen LogP contribution in [0.5, 0.6) is 0 Å². The van der Waals surface area contributed by atoms with Crippen LogP contribution in [0.15, 0.2) is 53.5 Å². The van der Waals surface area contributed by atoms with Crippen molar-refractivity contribution in [3.63, 3.8) is 0 Å². The molecule has 5 nitrogen and oxygen atoms in total. The molecule has 3 rings (SSSR count). The topological polar surface area (TPSA) is 73.9 Å². The quantitative estimate of drug-likeness (QED) is 0.323. The highest BCUT2D eigenvalue weighted by atomic mass is 127. The molecule has 6 heteroatoms. The van der Waals surface area contributed by atoms with Crippen LogP contribution in [0.3, 0.4) is 0 Å². The van der Waals surface area contributed by atoms with Crippen LogP contribution in [-0.4, -0.2) is 30.8 Å². The predicted octanol–water partition coefficient (Wildman–Crippen LogP) is 4.00. The van der Waals surface area contributed by atoms with Crippen molar-refractivity contribution in [1.82, 2.24) is 0 Å². The van der Waals surface area contributed by atoms with Crippen molar-refractivity contribution in [2.75, 3.05) is 29.9 Å². The maximum Gasteiger partial charge on any atom is 0.193 e. The number of aliphatic hydroxyl groups excluding tert-OH is 1. The molecule has 0 atom stereocenters. The second kappa shape index (κ2) is 11.3. The summed E-state index contributed by atoms with van der Waals surface area (Å²) in [6.07, 6.45) is 3.15. The number of aryl methyl sites for hydroxylation is 1. The van der Waals surface area contributed by atoms with Crippen molar-refractivity contribution in [3.8, 4) is 0 Å². The fraction of sp³-hybridized carbons (Fsp3) is 0.409. The van der Waals surface area contributed by atoms with Gasteiger partial charge in [-0.3, -0.25) is 0 Å². The van der Waals surface area contributed by atoms with Gasteiger partial charge in [-0.15, -0.1) is 24.0 Å². The first-order valence-electron chi connectivity index (χ1n) is 9.78. The smallest absolute Gasteiger partial charge is 0.193 e. The number of piperidine rings is 1. The fourth-order valence-corrected chi connectivity index (χ4v) is 3.37. The minimum atomic E-state index is 0. The number of guanidine groups is 1. The molecule has 2 aromatic rings. The number of aliphatic hydroxyl groups is 1. The van der Waals surface area contributed by atoms with Crippen molar-refractivity contribution < 1.29 is 5.11 Å². The minimum absolute atomic E-state index is 0. The van der Waals surface area contributed by atoms with Gasteiger partial charge in [0, 0.05) is 31.1 Å². The Balaban J connectivity index is 0.00000280. The number of rotatable bonds is 6. The largest absolute Gasteiger partial charge is 0.396 e. The average molecular weight is 494 g/mol. The molecule has 1 aliphatic rings. The van der Waals surface area contributed by atoms with Gasteiger partial charge in [0.15, 0.2) is 5.96 Å². The van der Waals surface area contributed by atoms with E-state index in [9.17, 15) is 5.11 Å². The molecule has 4 N–H and O–H groups in total. The molecule has 0 amide bonds. The molecule has 0 unspecified atom stereocenters. The molecule has 0 radical (unpaired) electrons. The summed E-state index contributed by atoms with van der Waals surface area (Å²) in [5, 5.41) is 12.4. The third kappa shape index (κ3) is 6.38. The van der Waals surface area contributed by atoms with E-state index in [0.29, 0.717) is 25.0 Å². The highest BCUT2D eigenvalue weighted by Crippen LogP contribution is 2.23. The van der Waals surface area contributed by atoms with E-state index in [4.69, 9.17) is 5.73 Å². The summed E-state index contributed by atoms with van der Waals surface area (Å²) in [4.78, 5) is 6.82. The van der Waals surface area contributed by atoms with Gasteiger partial charge >= 0.3 is 0 Å². The van der Waals surface area contributed by atoms with Gasteiger partial charge in [0.25, 0.3) is 0 Å². The monoisotopic (exact) mass is 494 g/mol. The van der Waals surface area contributed by atoms with Gasteiger partial charge in [0.2, 0.25) is 0 Å². The molecule has 2 aromatic carbocycles. The maximum atomic E-state index is 9.26. The molecular formula is C22H31IN4O. The van der Waals surface area contributed by atoms with Crippen molar-refractivity contribution >= 4 is 41.3 Å². The van der Waals surface area contributed by atoms with Crippen LogP contribution >= 0.6 is 24.0 Å². The van der Waals surface area contributed by atoms with E-state index in [-0.39, 0.29) is 24.0 Å². The molecule has 1 fully saturated rings. The lowest BCUT2D eigenvalue weighted by Gasteiger charge is -2.32. The summed E-state index contributed by atoms with van der Waals surface area (Å²) in [5.74, 6) is 0.887. The highest BCUT2D eigenvalue weighted by Gasteiger charge is 2.18. The first kappa shape index (κ1) is 22.5. The number of hydrogen-bond donors (Lipinski definition) is 3. The lowest BCUT2D eigenvalue weighted by Crippen LogP contribution is -2.34. The second-order valence-corrected chi connectivity index (χ2v) is 7.16. The summed E-state index contributed by atoms with van der Waals surface area (Å²) in [5.41, 5.74) is 10.6. The lowest BCUT2D eigenvalue weighted by molar-refractivity contribution is 0.203. The van der Waals surface area contributed by atoms with Crippen LogP contribution in [0.4, 0.5) is 11.4 Å². The molecule has 28 heavy (non-hydrogen) atoms. The van der Waals surface area contributed by atoms with E-state index in [1.54, 1.807) is 0 Å². The average Bonchev–Trinajstić information content (AvgIpc) is 2.73. The van der Waals surface area contributed by atoms with Crippen LogP contribution in [0.25, 0.3) is 0 Å². The summed E-state index contributed by atoms with van der Waals surface area (Å²) in [6.45, 7) is 5.02. The minimum Gasteiger partial charge on any atom is -0.396 e. The van der Waals surface area contributed by atoms with Gasteiger partial charge in [-0.05, 0) is 60.6 Å². The molecule has 0 bridgehead atoms. The zero-order valence-electron chi connectivity index (χ0n) is 16.5. The van der Waals surface area contributed by atoms with Gasteiger partial charge in [-0.2, -0.15) is 0 Å². The molecular weight excluding hydrogens is 463 g/mol. The number of nitrogens with two attached hydrogens (primary N) is 1. The second-order valence-electron chi connectivity index (χ2n) is 7.16. The van der Waals surface area contributed by atoms with Crippen molar-refractivity contribution in [3.05, 3.63) is 59.7 Å². The standard InChI is InChI=1S/C22H30N4O.HI/c1-2-17-3-7-20(8-4-17)25-22(23)24-15-18-5-9-21(10-6-18)26-13-11-19(16-27)12-14-26;/h3-10,19,27H,2,11-16H2,1H3,(H3,23,24,25);1H. The van der Waals surface area contributed by atoms with Crippen LogP contribution in [0.2, 0.25) is 0 Å². The third-order valence-electron chi connectivity index (χ3n) is 5.24. The van der Waals surface area contributed by atoms with Gasteiger partial charge in [-0.25, -0.2) is 4.99 Å². The maximum absolute atomic E-state index is 9.26. The summed E-state index contributed by atoms with van der Waals surface area (Å²) >= 11 is 0. The number of hydrogen-bond acceptors (Lipinski definition) is 3. The van der Waals surface area contributed by atoms with Crippen LogP contribution in [-0.2, 0) is 13.0 Å². The van der Waals surface area contributed by atoms with Crippen LogP contribution < -0.4 is 16.0 Å². The number of benzene rings is 2. The summed E-state index contributed by atoms with van der Waals surface area (Å²) < 4.78 is 0. The Kier molecular flexibility index (Phi) is 9.05. The molecule has 1 saturated heterocycles. The first-order chi connectivity index (χ1) is 13.2. The van der Waals surface area contributed by atoms with E-state index in [1.165, 1.54) is 11.3 Å². The van der Waals surface area contributed by atoms with Crippen molar-refractivity contribution in [2.45, 2.75) is 32.7 Å². The normalized spacial score (nSPS) is 15.2. The van der Waals surface area contributed by atoms with E-state index in [1.807, 2.05) is 12.1 Å². The summed E-state index contributed by atoms with van der Waals surface area (Å²) in [6, 6.07) is 16.8. The Morgan fingerprint density at radius 1 is 1.07 bits per heavy atom. The van der Waals surface area contributed by atoms with Gasteiger partial charge in [0.1, 0.15) is 0 Å². The zero-order valence-corrected chi connectivity index (χ0v) is 18.8. The predicted molar refractivity (Wildman–Crippen MR) is 129 cm³/mol. The van der Waals surface area contributed by atoms with E-state index < -0.39 is 0 Å². The number of halogens is 1. The van der Waals surface area contributed by atoms with Gasteiger partial charge in [-0.1, -0.05) is 31.2 Å². The fourth-order valence-electron chi connectivity index (χ4n) is 3.37. The SMILES string of the molecule is CCc1ccc(NC(N)=NCc2ccc(N3CCC(CO)CC3)cc2)cc1.I. The van der Waals surface area contributed by atoms with Gasteiger partial charge < -0.3 is 21.1 Å². The van der Waals surface area contributed by atoms with E-state index in [2.05, 4.69) is 58.5 Å². The number of nitrogens with zero attached hydrogens (tertiary/aromatic N) is 2. The van der Waals surface area contributed by atoms with Gasteiger partial charge in [0.05, 0.1) is 6.54 Å². The lowest BCUT2D eigenvalue weighted by atomic mass is 9.97. The molecule has 0 saturated carbocycles. The van der Waals surface area contributed by atoms with Crippen LogP contribution in [0, 0.1) is 5.92 Å². The zero-order chi connectivity index (χ0) is 19.1. The Morgan fingerprint density at radius 3 is 2.25 bits per heavy atom. The molecule has 0 aromatic heterocycles. The molecule has 1 aliphatic heterocycles. The van der Waals surface area contributed by atoms with Crippen LogP contribution in [0.1, 0.15) is 30.9 Å². The third-order valence-corrected chi connectivity index (χ3v) is 5.24. The number of aliphatic imine (C=N–C) groups is 1. The van der Waals surface area contributed by atoms with E-state index in [0.717, 1.165) is 43.6 Å². The molecule has 0 aliphatic carbocycles. The summed E-state index contributed by atoms with van der Waals surface area (Å²) in [7, 11) is 0.